The van der Waals surface area contributed by atoms with Gasteiger partial charge in [-0.25, -0.2) is 4.98 Å². The number of rotatable bonds is 9. The number of aromatic nitrogens is 1. The predicted molar refractivity (Wildman–Crippen MR) is 146 cm³/mol. The van der Waals surface area contributed by atoms with E-state index >= 15 is 0 Å². The molecule has 2 N–H and O–H groups in total. The molecule has 2 heterocycles. The Labute approximate surface area is 222 Å². The minimum Gasteiger partial charge on any atom is -0.496 e. The first-order chi connectivity index (χ1) is 18.5. The number of primary amides is 1. The fourth-order valence-corrected chi connectivity index (χ4v) is 4.91. The highest BCUT2D eigenvalue weighted by atomic mass is 16.5. The summed E-state index contributed by atoms with van der Waals surface area (Å²) in [5.41, 5.74) is 11.2. The molecule has 38 heavy (non-hydrogen) atoms. The molecule has 0 aliphatic carbocycles. The smallest absolute Gasteiger partial charge is 0.250 e. The number of nitrogens with zero attached hydrogens (tertiary/aromatic N) is 2. The molecule has 0 saturated carbocycles. The van der Waals surface area contributed by atoms with Crippen molar-refractivity contribution in [1.82, 2.24) is 9.88 Å². The number of carbonyl (C=O) groups excluding carboxylic acids is 1. The van der Waals surface area contributed by atoms with Gasteiger partial charge in [0.2, 0.25) is 5.88 Å². The summed E-state index contributed by atoms with van der Waals surface area (Å²) in [4.78, 5) is 19.1. The lowest BCUT2D eigenvalue weighted by atomic mass is 9.99. The monoisotopic (exact) mass is 509 g/mol. The Bertz CT molecular complexity index is 1450. The van der Waals surface area contributed by atoms with Crippen LogP contribution in [0.1, 0.15) is 38.3 Å². The molecule has 1 amide bonds. The van der Waals surface area contributed by atoms with E-state index in [1.165, 1.54) is 16.7 Å². The SMILES string of the molecule is COc1ccccc1Cc1nc(Oc2ccc3c(c2)CCN(Cc2ccccc2OC)C3)ccc1C(N)=O. The zero-order valence-corrected chi connectivity index (χ0v) is 21.6. The van der Waals surface area contributed by atoms with Crippen LogP contribution in [0.5, 0.6) is 23.1 Å². The number of fused-ring (bicyclic) bond motifs is 1. The highest BCUT2D eigenvalue weighted by Crippen LogP contribution is 2.30. The fourth-order valence-electron chi connectivity index (χ4n) is 4.91. The van der Waals surface area contributed by atoms with Crippen LogP contribution < -0.4 is 19.9 Å². The molecule has 0 spiro atoms. The van der Waals surface area contributed by atoms with E-state index in [9.17, 15) is 4.79 Å². The summed E-state index contributed by atoms with van der Waals surface area (Å²) < 4.78 is 17.1. The van der Waals surface area contributed by atoms with E-state index in [2.05, 4.69) is 28.1 Å². The molecule has 194 valence electrons. The molecule has 0 radical (unpaired) electrons. The van der Waals surface area contributed by atoms with Gasteiger partial charge in [0.1, 0.15) is 17.2 Å². The van der Waals surface area contributed by atoms with Crippen LogP contribution in [0.3, 0.4) is 0 Å². The van der Waals surface area contributed by atoms with Crippen molar-refractivity contribution in [1.29, 1.82) is 0 Å². The number of methoxy groups -OCH3 is 2. The van der Waals surface area contributed by atoms with Gasteiger partial charge in [-0.3, -0.25) is 9.69 Å². The predicted octanol–water partition coefficient (Wildman–Crippen LogP) is 5.14. The molecule has 0 bridgehead atoms. The standard InChI is InChI=1S/C31H31N3O4/c1-36-28-9-5-3-7-22(28)18-27-26(31(32)35)13-14-30(33-27)38-25-12-11-23-19-34(16-15-21(23)17-25)20-24-8-4-6-10-29(24)37-2/h3-14,17H,15-16,18-20H2,1-2H3,(H2,32,35). The van der Waals surface area contributed by atoms with Gasteiger partial charge in [-0.15, -0.1) is 0 Å². The molecule has 3 aromatic carbocycles. The maximum Gasteiger partial charge on any atom is 0.250 e. The Morgan fingerprint density at radius 1 is 0.895 bits per heavy atom. The molecule has 7 nitrogen and oxygen atoms in total. The number of hydrogen-bond donors (Lipinski definition) is 1. The van der Waals surface area contributed by atoms with Crippen LogP contribution in [0.25, 0.3) is 0 Å². The lowest BCUT2D eigenvalue weighted by Gasteiger charge is -2.29. The minimum absolute atomic E-state index is 0.365. The number of benzene rings is 3. The van der Waals surface area contributed by atoms with Crippen LogP contribution in [-0.4, -0.2) is 36.6 Å². The van der Waals surface area contributed by atoms with Gasteiger partial charge in [0.05, 0.1) is 25.5 Å². The summed E-state index contributed by atoms with van der Waals surface area (Å²) in [5, 5.41) is 0. The molecule has 0 unspecified atom stereocenters. The van der Waals surface area contributed by atoms with Crippen molar-refractivity contribution < 1.29 is 19.0 Å². The molecule has 1 aliphatic rings. The maximum atomic E-state index is 12.1. The van der Waals surface area contributed by atoms with E-state index in [-0.39, 0.29) is 0 Å². The number of nitrogens with two attached hydrogens (primary N) is 1. The zero-order valence-electron chi connectivity index (χ0n) is 21.6. The molecule has 0 saturated heterocycles. The van der Waals surface area contributed by atoms with Gasteiger partial charge in [-0.1, -0.05) is 42.5 Å². The van der Waals surface area contributed by atoms with Gasteiger partial charge in [0.25, 0.3) is 5.91 Å². The molecular weight excluding hydrogens is 478 g/mol. The quantitative estimate of drug-likeness (QED) is 0.336. The van der Waals surface area contributed by atoms with E-state index in [0.29, 0.717) is 29.3 Å². The number of carbonyl (C=O) groups is 1. The third kappa shape index (κ3) is 5.63. The van der Waals surface area contributed by atoms with Gasteiger partial charge in [0.15, 0.2) is 0 Å². The summed E-state index contributed by atoms with van der Waals surface area (Å²) in [6.45, 7) is 2.65. The van der Waals surface area contributed by atoms with Crippen LogP contribution in [-0.2, 0) is 25.9 Å². The fraction of sp³-hybridized carbons (Fsp3) is 0.226. The molecule has 5 rings (SSSR count). The van der Waals surface area contributed by atoms with E-state index in [0.717, 1.165) is 43.1 Å². The first kappa shape index (κ1) is 25.3. The highest BCUT2D eigenvalue weighted by molar-refractivity contribution is 5.94. The number of para-hydroxylation sites is 2. The van der Waals surface area contributed by atoms with E-state index in [1.54, 1.807) is 26.4 Å². The second-order valence-electron chi connectivity index (χ2n) is 9.30. The Kier molecular flexibility index (Phi) is 7.56. The second-order valence-corrected chi connectivity index (χ2v) is 9.30. The van der Waals surface area contributed by atoms with E-state index in [1.807, 2.05) is 48.5 Å². The van der Waals surface area contributed by atoms with Crippen LogP contribution >= 0.6 is 0 Å². The van der Waals surface area contributed by atoms with E-state index in [4.69, 9.17) is 19.9 Å². The van der Waals surface area contributed by atoms with Crippen molar-refractivity contribution in [3.8, 4) is 23.1 Å². The van der Waals surface area contributed by atoms with Crippen molar-refractivity contribution in [3.63, 3.8) is 0 Å². The molecule has 4 aromatic rings. The Morgan fingerprint density at radius 2 is 1.61 bits per heavy atom. The number of hydrogen-bond acceptors (Lipinski definition) is 6. The van der Waals surface area contributed by atoms with Gasteiger partial charge in [-0.2, -0.15) is 0 Å². The molecular formula is C31H31N3O4. The summed E-state index contributed by atoms with van der Waals surface area (Å²) in [7, 11) is 3.33. The van der Waals surface area contributed by atoms with Crippen molar-refractivity contribution in [2.75, 3.05) is 20.8 Å². The molecule has 0 fully saturated rings. The van der Waals surface area contributed by atoms with Crippen molar-refractivity contribution >= 4 is 5.91 Å². The number of pyridine rings is 1. The largest absolute Gasteiger partial charge is 0.496 e. The topological polar surface area (TPSA) is 86.9 Å². The first-order valence-electron chi connectivity index (χ1n) is 12.6. The van der Waals surface area contributed by atoms with Gasteiger partial charge < -0.3 is 19.9 Å². The first-order valence-corrected chi connectivity index (χ1v) is 12.6. The average Bonchev–Trinajstić information content (AvgIpc) is 2.93. The number of ether oxygens (including phenoxy) is 3. The lowest BCUT2D eigenvalue weighted by molar-refractivity contribution is 0.0999. The third-order valence-electron chi connectivity index (χ3n) is 6.84. The minimum atomic E-state index is -0.527. The maximum absolute atomic E-state index is 12.1. The molecule has 1 aromatic heterocycles. The van der Waals surface area contributed by atoms with Crippen molar-refractivity contribution in [2.45, 2.75) is 25.9 Å². The van der Waals surface area contributed by atoms with E-state index < -0.39 is 5.91 Å². The van der Waals surface area contributed by atoms with Crippen LogP contribution in [0, 0.1) is 0 Å². The highest BCUT2D eigenvalue weighted by Gasteiger charge is 2.19. The van der Waals surface area contributed by atoms with Crippen LogP contribution in [0.4, 0.5) is 0 Å². The van der Waals surface area contributed by atoms with Crippen molar-refractivity contribution in [3.05, 3.63) is 112 Å². The summed E-state index contributed by atoms with van der Waals surface area (Å²) in [5.74, 6) is 2.24. The Morgan fingerprint density at radius 3 is 2.34 bits per heavy atom. The van der Waals surface area contributed by atoms with Crippen LogP contribution in [0.15, 0.2) is 78.9 Å². The summed E-state index contributed by atoms with van der Waals surface area (Å²) in [6, 6.07) is 25.3. The second kappa shape index (κ2) is 11.4. The molecule has 1 aliphatic heterocycles. The normalized spacial score (nSPS) is 13.0. The summed E-state index contributed by atoms with van der Waals surface area (Å²) in [6.07, 6.45) is 1.32. The molecule has 7 heteroatoms. The lowest BCUT2D eigenvalue weighted by Crippen LogP contribution is -2.30. The number of amides is 1. The van der Waals surface area contributed by atoms with Gasteiger partial charge in [-0.05, 0) is 47.9 Å². The van der Waals surface area contributed by atoms with Gasteiger partial charge in [0, 0.05) is 43.2 Å². The average molecular weight is 510 g/mol. The summed E-state index contributed by atoms with van der Waals surface area (Å²) >= 11 is 0. The molecule has 0 atom stereocenters. The van der Waals surface area contributed by atoms with Gasteiger partial charge >= 0.3 is 0 Å². The van der Waals surface area contributed by atoms with Crippen LogP contribution in [0.2, 0.25) is 0 Å². The Balaban J connectivity index is 1.32. The Hall–Kier alpha value is -4.36. The van der Waals surface area contributed by atoms with Crippen molar-refractivity contribution in [2.24, 2.45) is 5.73 Å². The zero-order chi connectivity index (χ0) is 26.5. The third-order valence-corrected chi connectivity index (χ3v) is 6.84.